The fourth-order valence-electron chi connectivity index (χ4n) is 1.71. The lowest BCUT2D eigenvalue weighted by Gasteiger charge is -1.98. The quantitative estimate of drug-likeness (QED) is 0.784. The smallest absolute Gasteiger partial charge is 0.191 e. The van der Waals surface area contributed by atoms with Gasteiger partial charge in [-0.2, -0.15) is 5.10 Å². The summed E-state index contributed by atoms with van der Waals surface area (Å²) in [6, 6.07) is 10.6. The Morgan fingerprint density at radius 3 is 2.83 bits per heavy atom. The van der Waals surface area contributed by atoms with Crippen LogP contribution in [0.25, 0.3) is 10.7 Å². The molecule has 0 aliphatic carbocycles. The molecule has 0 saturated carbocycles. The van der Waals surface area contributed by atoms with E-state index in [1.54, 1.807) is 23.5 Å². The highest BCUT2D eigenvalue weighted by molar-refractivity contribution is 7.13. The standard InChI is InChI=1S/C13H10FN3S/c14-10-5-2-1-4-9(10)8-12-15-13(17-16-12)11-6-3-7-18-11/h1-7H,8H2,(H,15,16,17). The Balaban J connectivity index is 1.85. The Morgan fingerprint density at radius 1 is 1.17 bits per heavy atom. The van der Waals surface area contributed by atoms with Gasteiger partial charge < -0.3 is 0 Å². The summed E-state index contributed by atoms with van der Waals surface area (Å²) < 4.78 is 13.5. The number of aromatic amines is 1. The normalized spacial score (nSPS) is 10.7. The van der Waals surface area contributed by atoms with Crippen molar-refractivity contribution in [2.45, 2.75) is 6.42 Å². The zero-order valence-electron chi connectivity index (χ0n) is 9.43. The second-order valence-corrected chi connectivity index (χ2v) is 4.80. The summed E-state index contributed by atoms with van der Waals surface area (Å²) in [5, 5.41) is 8.96. The predicted molar refractivity (Wildman–Crippen MR) is 68.9 cm³/mol. The van der Waals surface area contributed by atoms with Crippen molar-refractivity contribution in [3.63, 3.8) is 0 Å². The van der Waals surface area contributed by atoms with E-state index in [1.807, 2.05) is 23.6 Å². The average Bonchev–Trinajstić information content (AvgIpc) is 3.02. The Morgan fingerprint density at radius 2 is 2.06 bits per heavy atom. The van der Waals surface area contributed by atoms with Gasteiger partial charge in [0, 0.05) is 6.42 Å². The number of hydrogen-bond donors (Lipinski definition) is 1. The monoisotopic (exact) mass is 259 g/mol. The van der Waals surface area contributed by atoms with Crippen LogP contribution < -0.4 is 0 Å². The Kier molecular flexibility index (Phi) is 2.90. The number of benzene rings is 1. The lowest BCUT2D eigenvalue weighted by molar-refractivity contribution is 0.612. The van der Waals surface area contributed by atoms with Crippen molar-refractivity contribution in [2.75, 3.05) is 0 Å². The van der Waals surface area contributed by atoms with Crippen molar-refractivity contribution < 1.29 is 4.39 Å². The van der Waals surface area contributed by atoms with Crippen LogP contribution in [0.15, 0.2) is 41.8 Å². The van der Waals surface area contributed by atoms with Gasteiger partial charge in [-0.25, -0.2) is 9.37 Å². The highest BCUT2D eigenvalue weighted by Gasteiger charge is 2.09. The van der Waals surface area contributed by atoms with E-state index >= 15 is 0 Å². The Bertz CT molecular complexity index is 646. The molecular weight excluding hydrogens is 249 g/mol. The molecular formula is C13H10FN3S. The van der Waals surface area contributed by atoms with Crippen molar-refractivity contribution in [1.29, 1.82) is 0 Å². The Labute approximate surface area is 107 Å². The highest BCUT2D eigenvalue weighted by Crippen LogP contribution is 2.21. The van der Waals surface area contributed by atoms with Gasteiger partial charge in [0.1, 0.15) is 11.6 Å². The molecule has 0 saturated heterocycles. The van der Waals surface area contributed by atoms with Gasteiger partial charge in [0.05, 0.1) is 4.88 Å². The SMILES string of the molecule is Fc1ccccc1Cc1nc(-c2cccs2)n[nH]1. The molecule has 2 aromatic heterocycles. The third-order valence-electron chi connectivity index (χ3n) is 2.59. The molecule has 0 unspecified atom stereocenters. The molecule has 0 aliphatic rings. The summed E-state index contributed by atoms with van der Waals surface area (Å²) in [6.07, 6.45) is 0.422. The van der Waals surface area contributed by atoms with Crippen LogP contribution in [0.4, 0.5) is 4.39 Å². The van der Waals surface area contributed by atoms with Crippen molar-refractivity contribution in [3.05, 3.63) is 59.0 Å². The van der Waals surface area contributed by atoms with Gasteiger partial charge in [-0.05, 0) is 23.1 Å². The van der Waals surface area contributed by atoms with Crippen molar-refractivity contribution in [1.82, 2.24) is 15.2 Å². The first-order chi connectivity index (χ1) is 8.83. The van der Waals surface area contributed by atoms with Gasteiger partial charge in [-0.3, -0.25) is 5.10 Å². The molecule has 5 heteroatoms. The average molecular weight is 259 g/mol. The molecule has 1 aromatic carbocycles. The van der Waals surface area contributed by atoms with Gasteiger partial charge in [-0.1, -0.05) is 24.3 Å². The summed E-state index contributed by atoms with van der Waals surface area (Å²) in [5.74, 6) is 1.12. The van der Waals surface area contributed by atoms with E-state index in [9.17, 15) is 4.39 Å². The molecule has 18 heavy (non-hydrogen) atoms. The van der Waals surface area contributed by atoms with Gasteiger partial charge >= 0.3 is 0 Å². The summed E-state index contributed by atoms with van der Waals surface area (Å²) >= 11 is 1.58. The number of nitrogens with zero attached hydrogens (tertiary/aromatic N) is 2. The topological polar surface area (TPSA) is 41.6 Å². The van der Waals surface area contributed by atoms with Crippen LogP contribution in [0, 0.1) is 5.82 Å². The number of aromatic nitrogens is 3. The van der Waals surface area contributed by atoms with Gasteiger partial charge in [0.15, 0.2) is 5.82 Å². The molecule has 0 radical (unpaired) electrons. The molecule has 0 amide bonds. The third kappa shape index (κ3) is 2.17. The highest BCUT2D eigenvalue weighted by atomic mass is 32.1. The number of H-pyrrole nitrogens is 1. The second kappa shape index (κ2) is 4.70. The Hall–Kier alpha value is -2.01. The number of rotatable bonds is 3. The van der Waals surface area contributed by atoms with Crippen molar-refractivity contribution >= 4 is 11.3 Å². The first kappa shape index (κ1) is 11.1. The van der Waals surface area contributed by atoms with Crippen molar-refractivity contribution in [2.24, 2.45) is 0 Å². The van der Waals surface area contributed by atoms with Crippen LogP contribution in [0.1, 0.15) is 11.4 Å². The van der Waals surface area contributed by atoms with E-state index in [1.165, 1.54) is 6.07 Å². The fraction of sp³-hybridized carbons (Fsp3) is 0.0769. The summed E-state index contributed by atoms with van der Waals surface area (Å²) in [6.45, 7) is 0. The van der Waals surface area contributed by atoms with E-state index in [0.717, 1.165) is 4.88 Å². The lowest BCUT2D eigenvalue weighted by Crippen LogP contribution is -1.94. The number of halogens is 1. The number of nitrogens with one attached hydrogen (secondary N) is 1. The molecule has 3 aromatic rings. The maximum Gasteiger partial charge on any atom is 0.191 e. The molecule has 1 N–H and O–H groups in total. The minimum atomic E-state index is -0.216. The molecule has 2 heterocycles. The van der Waals surface area contributed by atoms with Crippen LogP contribution in [0.2, 0.25) is 0 Å². The first-order valence-electron chi connectivity index (χ1n) is 5.51. The van der Waals surface area contributed by atoms with Gasteiger partial charge in [0.2, 0.25) is 0 Å². The van der Waals surface area contributed by atoms with E-state index < -0.39 is 0 Å². The van der Waals surface area contributed by atoms with Crippen LogP contribution in [-0.4, -0.2) is 15.2 Å². The molecule has 0 atom stereocenters. The second-order valence-electron chi connectivity index (χ2n) is 3.85. The zero-order chi connectivity index (χ0) is 12.4. The fourth-order valence-corrected chi connectivity index (χ4v) is 2.37. The molecule has 0 aliphatic heterocycles. The van der Waals surface area contributed by atoms with Gasteiger partial charge in [0.25, 0.3) is 0 Å². The van der Waals surface area contributed by atoms with E-state index in [-0.39, 0.29) is 5.82 Å². The number of thiophene rings is 1. The molecule has 90 valence electrons. The first-order valence-corrected chi connectivity index (χ1v) is 6.39. The largest absolute Gasteiger partial charge is 0.262 e. The zero-order valence-corrected chi connectivity index (χ0v) is 10.2. The maximum absolute atomic E-state index is 13.5. The number of hydrogen-bond acceptors (Lipinski definition) is 3. The summed E-state index contributed by atoms with van der Waals surface area (Å²) in [4.78, 5) is 5.37. The van der Waals surface area contributed by atoms with Crippen LogP contribution in [0.3, 0.4) is 0 Å². The molecule has 3 rings (SSSR count). The minimum Gasteiger partial charge on any atom is -0.262 e. The predicted octanol–water partition coefficient (Wildman–Crippen LogP) is 3.26. The van der Waals surface area contributed by atoms with Crippen LogP contribution in [-0.2, 0) is 6.42 Å². The third-order valence-corrected chi connectivity index (χ3v) is 3.45. The van der Waals surface area contributed by atoms with E-state index in [2.05, 4.69) is 15.2 Å². The molecule has 0 bridgehead atoms. The minimum absolute atomic E-state index is 0.216. The maximum atomic E-state index is 13.5. The van der Waals surface area contributed by atoms with Gasteiger partial charge in [-0.15, -0.1) is 11.3 Å². The van der Waals surface area contributed by atoms with E-state index in [0.29, 0.717) is 23.6 Å². The lowest BCUT2D eigenvalue weighted by atomic mass is 10.1. The summed E-state index contributed by atoms with van der Waals surface area (Å²) in [7, 11) is 0. The van der Waals surface area contributed by atoms with Crippen molar-refractivity contribution in [3.8, 4) is 10.7 Å². The van der Waals surface area contributed by atoms with Crippen LogP contribution in [0.5, 0.6) is 0 Å². The summed E-state index contributed by atoms with van der Waals surface area (Å²) in [5.41, 5.74) is 0.617. The van der Waals surface area contributed by atoms with E-state index in [4.69, 9.17) is 0 Å². The molecule has 3 nitrogen and oxygen atoms in total. The molecule has 0 spiro atoms. The molecule has 0 fully saturated rings. The van der Waals surface area contributed by atoms with Crippen LogP contribution >= 0.6 is 11.3 Å².